The molecule has 0 aromatic heterocycles. The molecule has 1 aliphatic heterocycles. The van der Waals surface area contributed by atoms with Gasteiger partial charge in [-0.3, -0.25) is 9.69 Å². The predicted molar refractivity (Wildman–Crippen MR) is 130 cm³/mol. The minimum Gasteiger partial charge on any atom is -0.496 e. The molecule has 1 amide bonds. The van der Waals surface area contributed by atoms with E-state index in [0.29, 0.717) is 0 Å². The quantitative estimate of drug-likeness (QED) is 0.518. The van der Waals surface area contributed by atoms with E-state index in [0.717, 1.165) is 55.0 Å². The third-order valence-corrected chi connectivity index (χ3v) is 5.58. The van der Waals surface area contributed by atoms with Crippen molar-refractivity contribution in [3.63, 3.8) is 0 Å². The first-order valence-corrected chi connectivity index (χ1v) is 11.1. The zero-order chi connectivity index (χ0) is 25.2. The number of ether oxygens (including phenoxy) is 2. The predicted octanol–water partition coefficient (Wildman–Crippen LogP) is 2.73. The highest BCUT2D eigenvalue weighted by molar-refractivity contribution is 6.27. The molecule has 0 aliphatic carbocycles. The molecular weight excluding hydrogens is 452 g/mol. The van der Waals surface area contributed by atoms with Gasteiger partial charge in [-0.1, -0.05) is 48.5 Å². The van der Waals surface area contributed by atoms with Crippen LogP contribution in [0.25, 0.3) is 10.8 Å². The van der Waals surface area contributed by atoms with Crippen LogP contribution in [0.1, 0.15) is 5.56 Å². The standard InChI is InChI=1S/C24H26N2O3.C2H2O4/c1-28-23-9-5-4-8-21(23)17-25-12-14-26(15-13-25)24(27)18-29-22-11-10-19-6-2-3-7-20(19)16-22;3-1(4)2(5)6/h2-11,16H,12-15,17-18H2,1H3;(H,3,4)(H,5,6). The van der Waals surface area contributed by atoms with Gasteiger partial charge in [0.15, 0.2) is 6.61 Å². The number of fused-ring (bicyclic) bond motifs is 1. The molecule has 4 rings (SSSR count). The van der Waals surface area contributed by atoms with E-state index < -0.39 is 11.9 Å². The second kappa shape index (κ2) is 12.4. The maximum absolute atomic E-state index is 12.6. The molecule has 0 atom stereocenters. The first kappa shape index (κ1) is 25.5. The smallest absolute Gasteiger partial charge is 0.414 e. The first-order valence-electron chi connectivity index (χ1n) is 11.1. The van der Waals surface area contributed by atoms with Crippen LogP contribution in [0, 0.1) is 0 Å². The molecule has 9 heteroatoms. The van der Waals surface area contributed by atoms with Crippen molar-refractivity contribution in [2.75, 3.05) is 39.9 Å². The Kier molecular flexibility index (Phi) is 9.02. The van der Waals surface area contributed by atoms with Gasteiger partial charge in [-0.2, -0.15) is 0 Å². The van der Waals surface area contributed by atoms with Crippen LogP contribution in [-0.4, -0.2) is 77.8 Å². The molecule has 1 saturated heterocycles. The summed E-state index contributed by atoms with van der Waals surface area (Å²) >= 11 is 0. The molecule has 0 bridgehead atoms. The van der Waals surface area contributed by atoms with Gasteiger partial charge < -0.3 is 24.6 Å². The Hall–Kier alpha value is -4.11. The topological polar surface area (TPSA) is 117 Å². The number of amides is 1. The number of carbonyl (C=O) groups is 3. The van der Waals surface area contributed by atoms with Crippen molar-refractivity contribution < 1.29 is 34.1 Å². The number of benzene rings is 3. The lowest BCUT2D eigenvalue weighted by molar-refractivity contribution is -0.159. The Morgan fingerprint density at radius 2 is 1.46 bits per heavy atom. The second-order valence-electron chi connectivity index (χ2n) is 7.88. The molecule has 184 valence electrons. The normalized spacial score (nSPS) is 13.5. The number of carboxylic acid groups (broad SMARTS) is 2. The minimum atomic E-state index is -1.82. The largest absolute Gasteiger partial charge is 0.496 e. The van der Waals surface area contributed by atoms with E-state index in [-0.39, 0.29) is 12.5 Å². The van der Waals surface area contributed by atoms with Crippen molar-refractivity contribution in [1.29, 1.82) is 0 Å². The molecule has 1 aliphatic rings. The lowest BCUT2D eigenvalue weighted by atomic mass is 10.1. The maximum atomic E-state index is 12.6. The molecule has 0 spiro atoms. The molecular formula is C26H28N2O7. The summed E-state index contributed by atoms with van der Waals surface area (Å²) in [4.78, 5) is 35.0. The van der Waals surface area contributed by atoms with Gasteiger partial charge in [0.2, 0.25) is 0 Å². The van der Waals surface area contributed by atoms with Crippen LogP contribution >= 0.6 is 0 Å². The van der Waals surface area contributed by atoms with Crippen molar-refractivity contribution in [3.8, 4) is 11.5 Å². The number of hydrogen-bond donors (Lipinski definition) is 2. The summed E-state index contributed by atoms with van der Waals surface area (Å²) in [6.45, 7) is 4.04. The third kappa shape index (κ3) is 7.44. The maximum Gasteiger partial charge on any atom is 0.414 e. The molecule has 0 saturated carbocycles. The van der Waals surface area contributed by atoms with Crippen molar-refractivity contribution >= 4 is 28.6 Å². The summed E-state index contributed by atoms with van der Waals surface area (Å²) in [5.74, 6) is -1.97. The summed E-state index contributed by atoms with van der Waals surface area (Å²) < 4.78 is 11.2. The number of carboxylic acids is 2. The van der Waals surface area contributed by atoms with Gasteiger partial charge in [0.1, 0.15) is 11.5 Å². The van der Waals surface area contributed by atoms with Crippen LogP contribution in [0.2, 0.25) is 0 Å². The van der Waals surface area contributed by atoms with Gasteiger partial charge in [-0.25, -0.2) is 9.59 Å². The number of hydrogen-bond acceptors (Lipinski definition) is 6. The first-order chi connectivity index (χ1) is 16.9. The van der Waals surface area contributed by atoms with Gasteiger partial charge in [0, 0.05) is 38.3 Å². The highest BCUT2D eigenvalue weighted by Gasteiger charge is 2.22. The fraction of sp³-hybridized carbons (Fsp3) is 0.269. The van der Waals surface area contributed by atoms with Gasteiger partial charge in [0.25, 0.3) is 5.91 Å². The number of rotatable bonds is 6. The Morgan fingerprint density at radius 1 is 0.829 bits per heavy atom. The molecule has 2 N–H and O–H groups in total. The summed E-state index contributed by atoms with van der Waals surface area (Å²) in [5.41, 5.74) is 1.18. The zero-order valence-electron chi connectivity index (χ0n) is 19.4. The molecule has 9 nitrogen and oxygen atoms in total. The fourth-order valence-electron chi connectivity index (χ4n) is 3.72. The lowest BCUT2D eigenvalue weighted by Crippen LogP contribution is -2.49. The number of carbonyl (C=O) groups excluding carboxylic acids is 1. The lowest BCUT2D eigenvalue weighted by Gasteiger charge is -2.34. The molecule has 0 radical (unpaired) electrons. The van der Waals surface area contributed by atoms with Crippen molar-refractivity contribution in [2.45, 2.75) is 6.54 Å². The number of aliphatic carboxylic acids is 2. The van der Waals surface area contributed by atoms with Crippen molar-refractivity contribution in [1.82, 2.24) is 9.80 Å². The second-order valence-corrected chi connectivity index (χ2v) is 7.88. The van der Waals surface area contributed by atoms with Crippen molar-refractivity contribution in [2.24, 2.45) is 0 Å². The summed E-state index contributed by atoms with van der Waals surface area (Å²) in [6.07, 6.45) is 0. The van der Waals surface area contributed by atoms with E-state index in [4.69, 9.17) is 29.3 Å². The van der Waals surface area contributed by atoms with Crippen LogP contribution in [0.4, 0.5) is 0 Å². The highest BCUT2D eigenvalue weighted by atomic mass is 16.5. The van der Waals surface area contributed by atoms with E-state index in [1.807, 2.05) is 59.5 Å². The summed E-state index contributed by atoms with van der Waals surface area (Å²) in [5, 5.41) is 17.1. The van der Waals surface area contributed by atoms with E-state index in [9.17, 15) is 4.79 Å². The van der Waals surface area contributed by atoms with Crippen LogP contribution in [0.5, 0.6) is 11.5 Å². The van der Waals surface area contributed by atoms with Gasteiger partial charge in [-0.15, -0.1) is 0 Å². The van der Waals surface area contributed by atoms with Crippen LogP contribution in [0.3, 0.4) is 0 Å². The summed E-state index contributed by atoms with van der Waals surface area (Å²) in [7, 11) is 1.70. The molecule has 0 unspecified atom stereocenters. The van der Waals surface area contributed by atoms with Crippen LogP contribution in [0.15, 0.2) is 66.7 Å². The van der Waals surface area contributed by atoms with E-state index in [1.165, 1.54) is 5.56 Å². The van der Waals surface area contributed by atoms with Gasteiger partial charge in [0.05, 0.1) is 7.11 Å². The van der Waals surface area contributed by atoms with Crippen LogP contribution in [-0.2, 0) is 20.9 Å². The molecule has 1 fully saturated rings. The molecule has 35 heavy (non-hydrogen) atoms. The molecule has 3 aromatic rings. The minimum absolute atomic E-state index is 0.0371. The fourth-order valence-corrected chi connectivity index (χ4v) is 3.72. The molecule has 3 aromatic carbocycles. The number of piperazine rings is 1. The van der Waals surface area contributed by atoms with Crippen molar-refractivity contribution in [3.05, 3.63) is 72.3 Å². The number of methoxy groups -OCH3 is 1. The molecule has 1 heterocycles. The average molecular weight is 481 g/mol. The Morgan fingerprint density at radius 3 is 2.11 bits per heavy atom. The number of para-hydroxylation sites is 1. The van der Waals surface area contributed by atoms with Gasteiger partial charge in [-0.05, 0) is 29.0 Å². The number of nitrogens with zero attached hydrogens (tertiary/aromatic N) is 2. The van der Waals surface area contributed by atoms with E-state index in [2.05, 4.69) is 17.0 Å². The average Bonchev–Trinajstić information content (AvgIpc) is 2.88. The van der Waals surface area contributed by atoms with Gasteiger partial charge >= 0.3 is 11.9 Å². The SMILES string of the molecule is COc1ccccc1CN1CCN(C(=O)COc2ccc3ccccc3c2)CC1.O=C(O)C(=O)O. The third-order valence-electron chi connectivity index (χ3n) is 5.58. The monoisotopic (exact) mass is 480 g/mol. The Labute approximate surface area is 203 Å². The summed E-state index contributed by atoms with van der Waals surface area (Å²) in [6, 6.07) is 22.1. The highest BCUT2D eigenvalue weighted by Crippen LogP contribution is 2.21. The Balaban J connectivity index is 0.000000509. The van der Waals surface area contributed by atoms with E-state index >= 15 is 0 Å². The zero-order valence-corrected chi connectivity index (χ0v) is 19.4. The van der Waals surface area contributed by atoms with E-state index in [1.54, 1.807) is 7.11 Å². The van der Waals surface area contributed by atoms with Crippen LogP contribution < -0.4 is 9.47 Å². The Bertz CT molecular complexity index is 1160.